The fraction of sp³-hybridized carbons (Fsp3) is 0.118. The molecular formula is C17H11F2N3OS. The normalized spacial score (nSPS) is 10.7. The third-order valence-corrected chi connectivity index (χ3v) is 4.28. The van der Waals surface area contributed by atoms with Crippen LogP contribution in [0.15, 0.2) is 52.4 Å². The molecule has 0 unspecified atom stereocenters. The van der Waals surface area contributed by atoms with Gasteiger partial charge in [0, 0.05) is 18.2 Å². The maximum atomic E-state index is 14.2. The summed E-state index contributed by atoms with van der Waals surface area (Å²) in [5, 5.41) is 9.28. The molecule has 0 aliphatic heterocycles. The molecule has 0 N–H and O–H groups in total. The molecule has 0 amide bonds. The summed E-state index contributed by atoms with van der Waals surface area (Å²) in [6, 6.07) is 11.8. The molecule has 1 heterocycles. The first kappa shape index (κ1) is 16.1. The molecule has 0 saturated heterocycles. The number of aromatic nitrogens is 2. The maximum Gasteiger partial charge on any atom is 0.266 e. The molecule has 3 rings (SSSR count). The summed E-state index contributed by atoms with van der Waals surface area (Å²) < 4.78 is 28.5. The SMILES string of the molecule is N#CCCSc1nc2ccccc2c(=O)n1-c1ccc(F)cc1F. The third kappa shape index (κ3) is 3.01. The van der Waals surface area contributed by atoms with Gasteiger partial charge in [0.1, 0.15) is 11.6 Å². The average molecular weight is 343 g/mol. The molecule has 120 valence electrons. The van der Waals surface area contributed by atoms with Gasteiger partial charge in [0.05, 0.1) is 22.7 Å². The zero-order chi connectivity index (χ0) is 17.1. The van der Waals surface area contributed by atoms with Gasteiger partial charge in [-0.3, -0.25) is 9.36 Å². The van der Waals surface area contributed by atoms with Crippen LogP contribution in [0.2, 0.25) is 0 Å². The molecule has 0 spiro atoms. The summed E-state index contributed by atoms with van der Waals surface area (Å²) in [5.74, 6) is -1.17. The molecule has 0 aliphatic rings. The Bertz CT molecular complexity index is 1010. The number of fused-ring (bicyclic) bond motifs is 1. The van der Waals surface area contributed by atoms with Gasteiger partial charge >= 0.3 is 0 Å². The molecule has 0 radical (unpaired) electrons. The summed E-state index contributed by atoms with van der Waals surface area (Å²) in [6.07, 6.45) is 0.263. The van der Waals surface area contributed by atoms with Gasteiger partial charge in [0.25, 0.3) is 5.56 Å². The van der Waals surface area contributed by atoms with E-state index in [1.807, 2.05) is 6.07 Å². The average Bonchev–Trinajstić information content (AvgIpc) is 2.57. The Balaban J connectivity index is 2.27. The van der Waals surface area contributed by atoms with Crippen LogP contribution in [0.25, 0.3) is 16.6 Å². The van der Waals surface area contributed by atoms with Crippen molar-refractivity contribution in [3.63, 3.8) is 0 Å². The topological polar surface area (TPSA) is 58.7 Å². The van der Waals surface area contributed by atoms with E-state index in [1.165, 1.54) is 17.8 Å². The van der Waals surface area contributed by atoms with E-state index >= 15 is 0 Å². The largest absolute Gasteiger partial charge is 0.268 e. The summed E-state index contributed by atoms with van der Waals surface area (Å²) in [7, 11) is 0. The number of benzene rings is 2. The molecule has 24 heavy (non-hydrogen) atoms. The molecule has 0 bridgehead atoms. The number of halogens is 2. The van der Waals surface area contributed by atoms with Gasteiger partial charge in [0.2, 0.25) is 0 Å². The molecule has 3 aromatic rings. The van der Waals surface area contributed by atoms with Gasteiger partial charge in [0.15, 0.2) is 5.16 Å². The maximum absolute atomic E-state index is 14.2. The van der Waals surface area contributed by atoms with E-state index in [0.717, 1.165) is 16.7 Å². The minimum Gasteiger partial charge on any atom is -0.268 e. The lowest BCUT2D eigenvalue weighted by atomic mass is 10.2. The molecule has 2 aromatic carbocycles. The van der Waals surface area contributed by atoms with Crippen LogP contribution in [-0.2, 0) is 0 Å². The fourth-order valence-electron chi connectivity index (χ4n) is 2.27. The number of hydrogen-bond donors (Lipinski definition) is 0. The van der Waals surface area contributed by atoms with Gasteiger partial charge in [-0.25, -0.2) is 13.8 Å². The van der Waals surface area contributed by atoms with Gasteiger partial charge in [-0.2, -0.15) is 5.26 Å². The van der Waals surface area contributed by atoms with E-state index in [4.69, 9.17) is 5.26 Å². The predicted molar refractivity (Wildman–Crippen MR) is 88.2 cm³/mol. The molecule has 7 heteroatoms. The molecule has 0 atom stereocenters. The highest BCUT2D eigenvalue weighted by Crippen LogP contribution is 2.23. The van der Waals surface area contributed by atoms with Gasteiger partial charge < -0.3 is 0 Å². The van der Waals surface area contributed by atoms with E-state index in [1.54, 1.807) is 24.3 Å². The lowest BCUT2D eigenvalue weighted by molar-refractivity contribution is 0.572. The van der Waals surface area contributed by atoms with Crippen LogP contribution in [0, 0.1) is 23.0 Å². The standard InChI is InChI=1S/C17H11F2N3OS/c18-11-6-7-15(13(19)10-11)22-16(23)12-4-1-2-5-14(12)21-17(22)24-9-3-8-20/h1-2,4-7,10H,3,9H2. The fourth-order valence-corrected chi connectivity index (χ4v) is 3.12. The van der Waals surface area contributed by atoms with Crippen LogP contribution in [0.3, 0.4) is 0 Å². The summed E-state index contributed by atoms with van der Waals surface area (Å²) >= 11 is 1.18. The first-order chi connectivity index (χ1) is 11.6. The minimum absolute atomic E-state index is 0.0703. The molecule has 0 saturated carbocycles. The smallest absolute Gasteiger partial charge is 0.266 e. The van der Waals surface area contributed by atoms with Crippen molar-refractivity contribution < 1.29 is 8.78 Å². The second-order valence-electron chi connectivity index (χ2n) is 4.90. The van der Waals surface area contributed by atoms with Crippen LogP contribution in [0.4, 0.5) is 8.78 Å². The Morgan fingerprint density at radius 1 is 1.21 bits per heavy atom. The van der Waals surface area contributed by atoms with Crippen LogP contribution in [0.1, 0.15) is 6.42 Å². The van der Waals surface area contributed by atoms with Gasteiger partial charge in [-0.15, -0.1) is 0 Å². The van der Waals surface area contributed by atoms with Crippen LogP contribution >= 0.6 is 11.8 Å². The van der Waals surface area contributed by atoms with Crippen LogP contribution in [-0.4, -0.2) is 15.3 Å². The minimum atomic E-state index is -0.851. The highest BCUT2D eigenvalue weighted by molar-refractivity contribution is 7.99. The van der Waals surface area contributed by atoms with Crippen molar-refractivity contribution in [1.82, 2.24) is 9.55 Å². The first-order valence-electron chi connectivity index (χ1n) is 7.09. The van der Waals surface area contributed by atoms with Crippen LogP contribution < -0.4 is 5.56 Å². The molecule has 4 nitrogen and oxygen atoms in total. The molecule has 0 aliphatic carbocycles. The van der Waals surface area contributed by atoms with E-state index in [9.17, 15) is 13.6 Å². The molecular weight excluding hydrogens is 332 g/mol. The van der Waals surface area contributed by atoms with Crippen molar-refractivity contribution in [2.45, 2.75) is 11.6 Å². The van der Waals surface area contributed by atoms with Gasteiger partial charge in [-0.05, 0) is 24.3 Å². The Kier molecular flexibility index (Phi) is 4.58. The van der Waals surface area contributed by atoms with Crippen molar-refractivity contribution in [3.8, 4) is 11.8 Å². The highest BCUT2D eigenvalue weighted by Gasteiger charge is 2.16. The van der Waals surface area contributed by atoms with E-state index in [0.29, 0.717) is 16.7 Å². The summed E-state index contributed by atoms with van der Waals surface area (Å²) in [4.78, 5) is 17.2. The number of thioether (sulfide) groups is 1. The number of nitriles is 1. The number of rotatable bonds is 4. The Labute approximate surface area is 140 Å². The number of hydrogen-bond acceptors (Lipinski definition) is 4. The number of nitrogens with zero attached hydrogens (tertiary/aromatic N) is 3. The molecule has 1 aromatic heterocycles. The van der Waals surface area contributed by atoms with Crippen LogP contribution in [0.5, 0.6) is 0 Å². The monoisotopic (exact) mass is 343 g/mol. The summed E-state index contributed by atoms with van der Waals surface area (Å²) in [6.45, 7) is 0. The van der Waals surface area contributed by atoms with E-state index in [-0.39, 0.29) is 17.3 Å². The third-order valence-electron chi connectivity index (χ3n) is 3.34. The summed E-state index contributed by atoms with van der Waals surface area (Å²) in [5.41, 5.74) is -0.0228. The Hall–Kier alpha value is -2.72. The van der Waals surface area contributed by atoms with Crippen molar-refractivity contribution in [2.75, 3.05) is 5.75 Å². The second-order valence-corrected chi connectivity index (χ2v) is 5.97. The molecule has 0 fully saturated rings. The zero-order valence-corrected chi connectivity index (χ0v) is 13.2. The first-order valence-corrected chi connectivity index (χ1v) is 8.07. The Morgan fingerprint density at radius 3 is 2.75 bits per heavy atom. The van der Waals surface area contributed by atoms with Crippen molar-refractivity contribution in [3.05, 3.63) is 64.5 Å². The lowest BCUT2D eigenvalue weighted by Gasteiger charge is -2.13. The van der Waals surface area contributed by atoms with Crippen molar-refractivity contribution >= 4 is 22.7 Å². The van der Waals surface area contributed by atoms with Crippen molar-refractivity contribution in [2.24, 2.45) is 0 Å². The second kappa shape index (κ2) is 6.81. The Morgan fingerprint density at radius 2 is 2.00 bits per heavy atom. The van der Waals surface area contributed by atoms with E-state index in [2.05, 4.69) is 4.98 Å². The predicted octanol–water partition coefficient (Wildman–Crippen LogP) is 3.67. The lowest BCUT2D eigenvalue weighted by Crippen LogP contribution is -2.22. The number of para-hydroxylation sites is 1. The quantitative estimate of drug-likeness (QED) is 0.412. The highest BCUT2D eigenvalue weighted by atomic mass is 32.2. The van der Waals surface area contributed by atoms with Crippen molar-refractivity contribution in [1.29, 1.82) is 5.26 Å². The zero-order valence-electron chi connectivity index (χ0n) is 12.4. The van der Waals surface area contributed by atoms with E-state index < -0.39 is 17.2 Å². The van der Waals surface area contributed by atoms with Gasteiger partial charge in [-0.1, -0.05) is 23.9 Å².